The quantitative estimate of drug-likeness (QED) is 0.794. The van der Waals surface area contributed by atoms with Crippen molar-refractivity contribution in [3.05, 3.63) is 0 Å². The number of hydrogen-bond donors (Lipinski definition) is 2. The summed E-state index contributed by atoms with van der Waals surface area (Å²) in [6, 6.07) is -0.814. The van der Waals surface area contributed by atoms with E-state index in [1.54, 1.807) is 4.90 Å². The van der Waals surface area contributed by atoms with E-state index in [4.69, 9.17) is 5.73 Å². The fourth-order valence-electron chi connectivity index (χ4n) is 3.24. The Kier molecular flexibility index (Phi) is 4.86. The van der Waals surface area contributed by atoms with Gasteiger partial charge in [-0.2, -0.15) is 0 Å². The van der Waals surface area contributed by atoms with E-state index < -0.39 is 12.0 Å². The van der Waals surface area contributed by atoms with Crippen LogP contribution in [0, 0.1) is 5.92 Å². The normalized spacial score (nSPS) is 31.2. The van der Waals surface area contributed by atoms with Crippen LogP contribution in [0.2, 0.25) is 0 Å². The Bertz CT molecular complexity index is 375. The van der Waals surface area contributed by atoms with Gasteiger partial charge >= 0.3 is 12.0 Å². The van der Waals surface area contributed by atoms with Crippen LogP contribution in [0.1, 0.15) is 39.0 Å². The van der Waals surface area contributed by atoms with E-state index in [2.05, 4.69) is 6.92 Å². The van der Waals surface area contributed by atoms with Gasteiger partial charge in [-0.3, -0.25) is 0 Å². The molecule has 0 aromatic carbocycles. The van der Waals surface area contributed by atoms with Crippen molar-refractivity contribution in [3.63, 3.8) is 0 Å². The molecule has 3 N–H and O–H groups in total. The summed E-state index contributed by atoms with van der Waals surface area (Å²) in [6.45, 7) is 3.84. The monoisotopic (exact) mass is 283 g/mol. The number of carbonyl (C=O) groups is 2. The third-order valence-corrected chi connectivity index (χ3v) is 4.55. The zero-order valence-electron chi connectivity index (χ0n) is 12.1. The Balaban J connectivity index is 2.05. The van der Waals surface area contributed by atoms with Gasteiger partial charge in [0.2, 0.25) is 0 Å². The molecule has 0 aliphatic carbocycles. The third-order valence-electron chi connectivity index (χ3n) is 4.55. The SMILES string of the molecule is CCC1CCN(C(=O)N2CCCC(N)C2)C(C(=O)O)C1. The van der Waals surface area contributed by atoms with Crippen molar-refractivity contribution in [2.24, 2.45) is 11.7 Å². The summed E-state index contributed by atoms with van der Waals surface area (Å²) in [5.41, 5.74) is 5.90. The molecule has 3 unspecified atom stereocenters. The van der Waals surface area contributed by atoms with Crippen molar-refractivity contribution >= 4 is 12.0 Å². The predicted octanol–water partition coefficient (Wildman–Crippen LogP) is 1.10. The van der Waals surface area contributed by atoms with Crippen LogP contribution >= 0.6 is 0 Å². The number of amides is 2. The van der Waals surface area contributed by atoms with Crippen LogP contribution in [-0.2, 0) is 4.79 Å². The fourth-order valence-corrected chi connectivity index (χ4v) is 3.24. The summed E-state index contributed by atoms with van der Waals surface area (Å²) < 4.78 is 0. The summed E-state index contributed by atoms with van der Waals surface area (Å²) in [5, 5.41) is 9.38. The molecule has 3 atom stereocenters. The number of carbonyl (C=O) groups excluding carboxylic acids is 1. The summed E-state index contributed by atoms with van der Waals surface area (Å²) in [7, 11) is 0. The van der Waals surface area contributed by atoms with Crippen molar-refractivity contribution < 1.29 is 14.7 Å². The van der Waals surface area contributed by atoms with Crippen LogP contribution in [0.3, 0.4) is 0 Å². The van der Waals surface area contributed by atoms with E-state index in [9.17, 15) is 14.7 Å². The maximum atomic E-state index is 12.5. The van der Waals surface area contributed by atoms with Crippen LogP contribution in [0.5, 0.6) is 0 Å². The van der Waals surface area contributed by atoms with Crippen molar-refractivity contribution in [1.82, 2.24) is 9.80 Å². The third kappa shape index (κ3) is 3.23. The Morgan fingerprint density at radius 3 is 2.65 bits per heavy atom. The lowest BCUT2D eigenvalue weighted by atomic mass is 9.89. The van der Waals surface area contributed by atoms with Gasteiger partial charge in [-0.05, 0) is 31.6 Å². The second kappa shape index (κ2) is 6.43. The summed E-state index contributed by atoms with van der Waals surface area (Å²) in [4.78, 5) is 27.2. The van der Waals surface area contributed by atoms with Gasteiger partial charge in [0, 0.05) is 25.7 Å². The van der Waals surface area contributed by atoms with Gasteiger partial charge in [0.05, 0.1) is 0 Å². The zero-order valence-corrected chi connectivity index (χ0v) is 12.1. The molecule has 20 heavy (non-hydrogen) atoms. The lowest BCUT2D eigenvalue weighted by Gasteiger charge is -2.41. The Morgan fingerprint density at radius 2 is 2.05 bits per heavy atom. The second-order valence-corrected chi connectivity index (χ2v) is 5.98. The first-order valence-corrected chi connectivity index (χ1v) is 7.56. The van der Waals surface area contributed by atoms with E-state index in [0.717, 1.165) is 25.7 Å². The molecule has 2 aliphatic rings. The predicted molar refractivity (Wildman–Crippen MR) is 75.3 cm³/mol. The number of rotatable bonds is 2. The molecular weight excluding hydrogens is 258 g/mol. The van der Waals surface area contributed by atoms with E-state index in [1.165, 1.54) is 4.90 Å². The lowest BCUT2D eigenvalue weighted by molar-refractivity contribution is -0.144. The molecule has 0 saturated carbocycles. The highest BCUT2D eigenvalue weighted by atomic mass is 16.4. The molecule has 2 amide bonds. The number of hydrogen-bond acceptors (Lipinski definition) is 3. The van der Waals surface area contributed by atoms with Crippen LogP contribution in [0.4, 0.5) is 4.79 Å². The van der Waals surface area contributed by atoms with Gasteiger partial charge in [-0.25, -0.2) is 9.59 Å². The molecule has 6 heteroatoms. The summed E-state index contributed by atoms with van der Waals surface area (Å²) in [6.07, 6.45) is 4.27. The number of aliphatic carboxylic acids is 1. The molecule has 2 aliphatic heterocycles. The van der Waals surface area contributed by atoms with Crippen LogP contribution in [-0.4, -0.2) is 58.6 Å². The maximum absolute atomic E-state index is 12.5. The van der Waals surface area contributed by atoms with Gasteiger partial charge in [-0.15, -0.1) is 0 Å². The number of likely N-dealkylation sites (tertiary alicyclic amines) is 2. The van der Waals surface area contributed by atoms with Crippen molar-refractivity contribution in [2.75, 3.05) is 19.6 Å². The van der Waals surface area contributed by atoms with E-state index in [-0.39, 0.29) is 12.1 Å². The highest BCUT2D eigenvalue weighted by molar-refractivity contribution is 5.83. The van der Waals surface area contributed by atoms with Crippen molar-refractivity contribution in [1.29, 1.82) is 0 Å². The zero-order chi connectivity index (χ0) is 14.7. The summed E-state index contributed by atoms with van der Waals surface area (Å²) in [5.74, 6) is -0.485. The molecule has 6 nitrogen and oxygen atoms in total. The Morgan fingerprint density at radius 1 is 1.30 bits per heavy atom. The first-order chi connectivity index (χ1) is 9.52. The van der Waals surface area contributed by atoms with E-state index >= 15 is 0 Å². The number of nitrogens with zero attached hydrogens (tertiary/aromatic N) is 2. The number of carboxylic acids is 1. The van der Waals surface area contributed by atoms with Gasteiger partial charge in [0.15, 0.2) is 0 Å². The number of nitrogens with two attached hydrogens (primary N) is 1. The molecule has 0 spiro atoms. The molecule has 0 radical (unpaired) electrons. The minimum Gasteiger partial charge on any atom is -0.480 e. The van der Waals surface area contributed by atoms with E-state index in [0.29, 0.717) is 32.0 Å². The maximum Gasteiger partial charge on any atom is 0.326 e. The second-order valence-electron chi connectivity index (χ2n) is 5.98. The Labute approximate surface area is 119 Å². The number of urea groups is 1. The lowest BCUT2D eigenvalue weighted by Crippen LogP contribution is -2.57. The molecular formula is C14H25N3O3. The smallest absolute Gasteiger partial charge is 0.326 e. The van der Waals surface area contributed by atoms with Crippen LogP contribution in [0.25, 0.3) is 0 Å². The molecule has 2 rings (SSSR count). The topological polar surface area (TPSA) is 86.9 Å². The highest BCUT2D eigenvalue weighted by Gasteiger charge is 2.38. The highest BCUT2D eigenvalue weighted by Crippen LogP contribution is 2.27. The van der Waals surface area contributed by atoms with Gasteiger partial charge in [0.1, 0.15) is 6.04 Å². The van der Waals surface area contributed by atoms with Crippen molar-refractivity contribution in [3.8, 4) is 0 Å². The van der Waals surface area contributed by atoms with Gasteiger partial charge in [-0.1, -0.05) is 13.3 Å². The Hall–Kier alpha value is -1.30. The molecule has 2 heterocycles. The standard InChI is InChI=1S/C14H25N3O3/c1-2-10-5-7-17(12(8-10)13(18)19)14(20)16-6-3-4-11(15)9-16/h10-12H,2-9,15H2,1H3,(H,18,19). The summed E-state index contributed by atoms with van der Waals surface area (Å²) >= 11 is 0. The minimum atomic E-state index is -0.891. The molecule has 0 aromatic rings. The number of carboxylic acid groups (broad SMARTS) is 1. The average Bonchev–Trinajstić information content (AvgIpc) is 2.45. The average molecular weight is 283 g/mol. The first kappa shape index (κ1) is 15.1. The molecule has 0 bridgehead atoms. The van der Waals surface area contributed by atoms with E-state index in [1.807, 2.05) is 0 Å². The largest absolute Gasteiger partial charge is 0.480 e. The van der Waals surface area contributed by atoms with Crippen LogP contribution in [0.15, 0.2) is 0 Å². The molecule has 2 saturated heterocycles. The number of piperidine rings is 2. The van der Waals surface area contributed by atoms with Crippen molar-refractivity contribution in [2.45, 2.75) is 51.1 Å². The van der Waals surface area contributed by atoms with Gasteiger partial charge < -0.3 is 20.6 Å². The molecule has 0 aromatic heterocycles. The molecule has 114 valence electrons. The van der Waals surface area contributed by atoms with Gasteiger partial charge in [0.25, 0.3) is 0 Å². The molecule has 2 fully saturated rings. The fraction of sp³-hybridized carbons (Fsp3) is 0.857. The van der Waals surface area contributed by atoms with Crippen LogP contribution < -0.4 is 5.73 Å². The first-order valence-electron chi connectivity index (χ1n) is 7.56. The minimum absolute atomic E-state index is 0.0177.